The number of benzene rings is 2. The van der Waals surface area contributed by atoms with Crippen LogP contribution in [-0.4, -0.2) is 11.0 Å². The third-order valence-corrected chi connectivity index (χ3v) is 3.31. The fourth-order valence-corrected chi connectivity index (χ4v) is 2.35. The number of nitrogens with one attached hydrogen (secondary N) is 2. The number of aryl methyl sites for hydroxylation is 3. The molecule has 0 saturated carbocycles. The second-order valence-corrected chi connectivity index (χ2v) is 5.51. The van der Waals surface area contributed by atoms with E-state index in [0.29, 0.717) is 10.7 Å². The Morgan fingerprint density at radius 3 is 2.24 bits per heavy atom. The van der Waals surface area contributed by atoms with E-state index in [9.17, 15) is 4.79 Å². The third-order valence-electron chi connectivity index (χ3n) is 3.10. The molecule has 0 saturated heterocycles. The normalized spacial score (nSPS) is 10.0. The van der Waals surface area contributed by atoms with Crippen LogP contribution in [0.2, 0.25) is 0 Å². The zero-order valence-electron chi connectivity index (χ0n) is 12.4. The number of hydrogen-bond donors (Lipinski definition) is 2. The quantitative estimate of drug-likeness (QED) is 0.830. The van der Waals surface area contributed by atoms with Crippen molar-refractivity contribution in [3.05, 3.63) is 64.7 Å². The lowest BCUT2D eigenvalue weighted by Gasteiger charge is -2.12. The van der Waals surface area contributed by atoms with Crippen molar-refractivity contribution >= 4 is 28.9 Å². The van der Waals surface area contributed by atoms with E-state index in [-0.39, 0.29) is 5.91 Å². The van der Waals surface area contributed by atoms with Gasteiger partial charge in [0.25, 0.3) is 5.91 Å². The second-order valence-electron chi connectivity index (χ2n) is 5.10. The first-order valence-electron chi connectivity index (χ1n) is 6.72. The summed E-state index contributed by atoms with van der Waals surface area (Å²) >= 11 is 5.19. The highest BCUT2D eigenvalue weighted by Crippen LogP contribution is 2.13. The van der Waals surface area contributed by atoms with Crippen LogP contribution in [0.1, 0.15) is 27.0 Å². The molecular weight excluding hydrogens is 280 g/mol. The Labute approximate surface area is 130 Å². The Kier molecular flexibility index (Phi) is 4.70. The Morgan fingerprint density at radius 2 is 1.62 bits per heavy atom. The number of carbonyl (C=O) groups excluding carboxylic acids is 1. The second kappa shape index (κ2) is 6.50. The Morgan fingerprint density at radius 1 is 1.00 bits per heavy atom. The highest BCUT2D eigenvalue weighted by atomic mass is 32.1. The number of thiocarbonyl (C=S) groups is 1. The lowest BCUT2D eigenvalue weighted by Crippen LogP contribution is -2.34. The van der Waals surface area contributed by atoms with E-state index in [4.69, 9.17) is 12.2 Å². The summed E-state index contributed by atoms with van der Waals surface area (Å²) in [5.74, 6) is -0.201. The number of para-hydroxylation sites is 1. The van der Waals surface area contributed by atoms with Crippen molar-refractivity contribution in [3.63, 3.8) is 0 Å². The lowest BCUT2D eigenvalue weighted by molar-refractivity contribution is 0.0977. The zero-order valence-corrected chi connectivity index (χ0v) is 13.2. The van der Waals surface area contributed by atoms with Gasteiger partial charge in [-0.15, -0.1) is 0 Å². The van der Waals surface area contributed by atoms with Gasteiger partial charge in [-0.3, -0.25) is 10.1 Å². The van der Waals surface area contributed by atoms with E-state index in [1.165, 1.54) is 0 Å². The Balaban J connectivity index is 2.06. The first-order valence-corrected chi connectivity index (χ1v) is 7.13. The minimum absolute atomic E-state index is 0.201. The number of carbonyl (C=O) groups is 1. The maximum Gasteiger partial charge on any atom is 0.257 e. The van der Waals surface area contributed by atoms with E-state index in [0.717, 1.165) is 22.4 Å². The maximum absolute atomic E-state index is 12.2. The molecule has 0 aliphatic heterocycles. The zero-order chi connectivity index (χ0) is 15.4. The van der Waals surface area contributed by atoms with Crippen LogP contribution in [0.4, 0.5) is 5.69 Å². The molecule has 0 radical (unpaired) electrons. The van der Waals surface area contributed by atoms with Crippen LogP contribution in [0.5, 0.6) is 0 Å². The van der Waals surface area contributed by atoms with Crippen molar-refractivity contribution in [3.8, 4) is 0 Å². The highest BCUT2D eigenvalue weighted by molar-refractivity contribution is 7.80. The van der Waals surface area contributed by atoms with Crippen LogP contribution in [0, 0.1) is 20.8 Å². The molecule has 4 heteroatoms. The van der Waals surface area contributed by atoms with Crippen molar-refractivity contribution in [2.75, 3.05) is 5.32 Å². The molecule has 0 aliphatic carbocycles. The van der Waals surface area contributed by atoms with Gasteiger partial charge in [0, 0.05) is 11.3 Å². The van der Waals surface area contributed by atoms with E-state index < -0.39 is 0 Å². The number of amides is 1. The molecule has 0 aromatic heterocycles. The minimum Gasteiger partial charge on any atom is -0.332 e. The Bertz CT molecular complexity index is 675. The van der Waals surface area contributed by atoms with Crippen LogP contribution < -0.4 is 10.6 Å². The lowest BCUT2D eigenvalue weighted by atomic mass is 10.1. The first kappa shape index (κ1) is 15.2. The minimum atomic E-state index is -0.201. The average Bonchev–Trinajstić information content (AvgIpc) is 2.40. The van der Waals surface area contributed by atoms with Gasteiger partial charge < -0.3 is 5.32 Å². The fraction of sp³-hybridized carbons (Fsp3) is 0.176. The van der Waals surface area contributed by atoms with Crippen LogP contribution >= 0.6 is 12.2 Å². The van der Waals surface area contributed by atoms with E-state index >= 15 is 0 Å². The topological polar surface area (TPSA) is 41.1 Å². The van der Waals surface area contributed by atoms with Crippen LogP contribution in [0.15, 0.2) is 42.5 Å². The molecule has 2 aromatic carbocycles. The third kappa shape index (κ3) is 4.13. The summed E-state index contributed by atoms with van der Waals surface area (Å²) in [5, 5.41) is 6.05. The largest absolute Gasteiger partial charge is 0.332 e. The predicted molar refractivity (Wildman–Crippen MR) is 90.8 cm³/mol. The number of anilines is 1. The summed E-state index contributed by atoms with van der Waals surface area (Å²) in [5.41, 5.74) is 4.68. The fourth-order valence-electron chi connectivity index (χ4n) is 2.15. The number of hydrogen-bond acceptors (Lipinski definition) is 2. The van der Waals surface area contributed by atoms with Gasteiger partial charge in [0.15, 0.2) is 5.11 Å². The molecule has 2 rings (SSSR count). The molecular formula is C17H18N2OS. The molecule has 0 aliphatic rings. The van der Waals surface area contributed by atoms with Gasteiger partial charge >= 0.3 is 0 Å². The van der Waals surface area contributed by atoms with Gasteiger partial charge in [0.05, 0.1) is 0 Å². The average molecular weight is 298 g/mol. The Hall–Kier alpha value is -2.20. The van der Waals surface area contributed by atoms with Gasteiger partial charge in [-0.25, -0.2) is 0 Å². The SMILES string of the molecule is Cc1cc(C)cc(C(=O)NC(=S)Nc2ccccc2C)c1. The molecule has 1 amide bonds. The molecule has 0 atom stereocenters. The van der Waals surface area contributed by atoms with Gasteiger partial charge in [-0.1, -0.05) is 35.4 Å². The summed E-state index contributed by atoms with van der Waals surface area (Å²) in [4.78, 5) is 12.2. The standard InChI is InChI=1S/C17H18N2OS/c1-11-8-12(2)10-14(9-11)16(20)19-17(21)18-15-7-5-4-6-13(15)3/h4-10H,1-3H3,(H2,18,19,20,21). The monoisotopic (exact) mass is 298 g/mol. The van der Waals surface area contributed by atoms with Crippen LogP contribution in [0.3, 0.4) is 0 Å². The number of rotatable bonds is 2. The van der Waals surface area contributed by atoms with Crippen LogP contribution in [0.25, 0.3) is 0 Å². The molecule has 0 bridgehead atoms. The van der Waals surface area contributed by atoms with Crippen molar-refractivity contribution in [1.82, 2.24) is 5.32 Å². The van der Waals surface area contributed by atoms with Crippen LogP contribution in [-0.2, 0) is 0 Å². The first-order chi connectivity index (χ1) is 9.95. The molecule has 0 unspecified atom stereocenters. The van der Waals surface area contributed by atoms with Crippen molar-refractivity contribution in [2.45, 2.75) is 20.8 Å². The molecule has 0 heterocycles. The molecule has 0 fully saturated rings. The molecule has 108 valence electrons. The van der Waals surface area contributed by atoms with E-state index in [2.05, 4.69) is 10.6 Å². The maximum atomic E-state index is 12.2. The molecule has 2 N–H and O–H groups in total. The van der Waals surface area contributed by atoms with Gasteiger partial charge in [-0.2, -0.15) is 0 Å². The summed E-state index contributed by atoms with van der Waals surface area (Å²) in [6, 6.07) is 13.5. The highest BCUT2D eigenvalue weighted by Gasteiger charge is 2.09. The summed E-state index contributed by atoms with van der Waals surface area (Å²) in [7, 11) is 0. The van der Waals surface area contributed by atoms with Crippen molar-refractivity contribution < 1.29 is 4.79 Å². The summed E-state index contributed by atoms with van der Waals surface area (Å²) in [6.07, 6.45) is 0. The van der Waals surface area contributed by atoms with Crippen molar-refractivity contribution in [2.24, 2.45) is 0 Å². The molecule has 21 heavy (non-hydrogen) atoms. The van der Waals surface area contributed by atoms with E-state index in [1.807, 2.05) is 63.2 Å². The molecule has 2 aromatic rings. The predicted octanol–water partition coefficient (Wildman–Crippen LogP) is 3.74. The van der Waals surface area contributed by atoms with Crippen molar-refractivity contribution in [1.29, 1.82) is 0 Å². The summed E-state index contributed by atoms with van der Waals surface area (Å²) in [6.45, 7) is 5.91. The molecule has 0 spiro atoms. The molecule has 3 nitrogen and oxygen atoms in total. The van der Waals surface area contributed by atoms with E-state index in [1.54, 1.807) is 0 Å². The van der Waals surface area contributed by atoms with Gasteiger partial charge in [-0.05, 0) is 56.8 Å². The van der Waals surface area contributed by atoms with Gasteiger partial charge in [0.2, 0.25) is 0 Å². The smallest absolute Gasteiger partial charge is 0.257 e. The van der Waals surface area contributed by atoms with Gasteiger partial charge in [0.1, 0.15) is 0 Å². The summed E-state index contributed by atoms with van der Waals surface area (Å²) < 4.78 is 0.